The van der Waals surface area contributed by atoms with E-state index in [9.17, 15) is 0 Å². The minimum absolute atomic E-state index is 0.200. The van der Waals surface area contributed by atoms with Gasteiger partial charge in [-0.3, -0.25) is 4.98 Å². The molecule has 1 aromatic heterocycles. The lowest BCUT2D eigenvalue weighted by Crippen LogP contribution is -2.10. The molecular weight excluding hydrogens is 148 g/mol. The van der Waals surface area contributed by atoms with E-state index in [1.165, 1.54) is 18.4 Å². The Labute approximate surface area is 72.8 Å². The molecule has 2 N–H and O–H groups in total. The van der Waals surface area contributed by atoms with Gasteiger partial charge < -0.3 is 5.73 Å². The molecule has 1 fully saturated rings. The summed E-state index contributed by atoms with van der Waals surface area (Å²) < 4.78 is 0. The molecule has 0 aliphatic heterocycles. The first-order valence-electron chi connectivity index (χ1n) is 4.52. The number of hydrogen-bond donors (Lipinski definition) is 1. The number of rotatable bonds is 3. The molecule has 0 unspecified atom stereocenters. The lowest BCUT2D eigenvalue weighted by Gasteiger charge is -2.09. The maximum absolute atomic E-state index is 6.00. The second kappa shape index (κ2) is 3.23. The normalized spacial score (nSPS) is 19.1. The van der Waals surface area contributed by atoms with E-state index in [0.717, 1.165) is 12.3 Å². The molecule has 1 saturated carbocycles. The Kier molecular flexibility index (Phi) is 2.09. The van der Waals surface area contributed by atoms with Gasteiger partial charge in [0.1, 0.15) is 0 Å². The Hall–Kier alpha value is -0.890. The highest BCUT2D eigenvalue weighted by molar-refractivity contribution is 5.13. The summed E-state index contributed by atoms with van der Waals surface area (Å²) in [6.07, 6.45) is 7.52. The van der Waals surface area contributed by atoms with E-state index in [2.05, 4.69) is 11.1 Å². The second-order valence-corrected chi connectivity index (χ2v) is 3.57. The Morgan fingerprint density at radius 1 is 1.58 bits per heavy atom. The SMILES string of the molecule is N[C@@H](CC1CC1)c1cccnc1. The zero-order valence-electron chi connectivity index (χ0n) is 7.11. The van der Waals surface area contributed by atoms with Crippen LogP contribution in [0.4, 0.5) is 0 Å². The predicted octanol–water partition coefficient (Wildman–Crippen LogP) is 1.88. The summed E-state index contributed by atoms with van der Waals surface area (Å²) in [5.74, 6) is 0.889. The Balaban J connectivity index is 1.98. The monoisotopic (exact) mass is 162 g/mol. The molecule has 2 nitrogen and oxygen atoms in total. The van der Waals surface area contributed by atoms with E-state index in [4.69, 9.17) is 5.73 Å². The second-order valence-electron chi connectivity index (χ2n) is 3.57. The highest BCUT2D eigenvalue weighted by Crippen LogP contribution is 2.36. The van der Waals surface area contributed by atoms with Gasteiger partial charge in [0.05, 0.1) is 0 Å². The average molecular weight is 162 g/mol. The maximum Gasteiger partial charge on any atom is 0.0315 e. The van der Waals surface area contributed by atoms with Crippen LogP contribution in [-0.4, -0.2) is 4.98 Å². The molecule has 0 amide bonds. The van der Waals surface area contributed by atoms with Crippen molar-refractivity contribution >= 4 is 0 Å². The molecule has 0 saturated heterocycles. The van der Waals surface area contributed by atoms with E-state index in [-0.39, 0.29) is 6.04 Å². The van der Waals surface area contributed by atoms with Crippen molar-refractivity contribution in [2.75, 3.05) is 0 Å². The average Bonchev–Trinajstić information content (AvgIpc) is 2.90. The van der Waals surface area contributed by atoms with Crippen molar-refractivity contribution in [3.8, 4) is 0 Å². The van der Waals surface area contributed by atoms with Crippen molar-refractivity contribution in [3.63, 3.8) is 0 Å². The smallest absolute Gasteiger partial charge is 0.0315 e. The van der Waals surface area contributed by atoms with Crippen LogP contribution < -0.4 is 5.73 Å². The van der Waals surface area contributed by atoms with Crippen molar-refractivity contribution in [1.29, 1.82) is 0 Å². The van der Waals surface area contributed by atoms with Gasteiger partial charge >= 0.3 is 0 Å². The van der Waals surface area contributed by atoms with Gasteiger partial charge in [-0.15, -0.1) is 0 Å². The van der Waals surface area contributed by atoms with Crippen LogP contribution in [0.15, 0.2) is 24.5 Å². The quantitative estimate of drug-likeness (QED) is 0.737. The van der Waals surface area contributed by atoms with Crippen LogP contribution in [0.1, 0.15) is 30.9 Å². The van der Waals surface area contributed by atoms with E-state index < -0.39 is 0 Å². The standard InChI is InChI=1S/C10H14N2/c11-10(6-8-3-4-8)9-2-1-5-12-7-9/h1-2,5,7-8,10H,3-4,6,11H2/t10-/m0/s1. The summed E-state index contributed by atoms with van der Waals surface area (Å²) in [6.45, 7) is 0. The lowest BCUT2D eigenvalue weighted by molar-refractivity contribution is 0.595. The number of hydrogen-bond acceptors (Lipinski definition) is 2. The molecule has 2 rings (SSSR count). The van der Waals surface area contributed by atoms with Gasteiger partial charge in [0.25, 0.3) is 0 Å². The maximum atomic E-state index is 6.00. The van der Waals surface area contributed by atoms with Crippen molar-refractivity contribution in [2.24, 2.45) is 11.7 Å². The summed E-state index contributed by atoms with van der Waals surface area (Å²) in [5.41, 5.74) is 7.17. The summed E-state index contributed by atoms with van der Waals surface area (Å²) in [5, 5.41) is 0. The highest BCUT2D eigenvalue weighted by atomic mass is 14.7. The Morgan fingerprint density at radius 2 is 2.42 bits per heavy atom. The predicted molar refractivity (Wildman–Crippen MR) is 48.5 cm³/mol. The molecule has 1 heterocycles. The van der Waals surface area contributed by atoms with Gasteiger partial charge in [-0.2, -0.15) is 0 Å². The van der Waals surface area contributed by atoms with Crippen LogP contribution in [-0.2, 0) is 0 Å². The third kappa shape index (κ3) is 1.83. The van der Waals surface area contributed by atoms with E-state index in [1.54, 1.807) is 6.20 Å². The molecule has 12 heavy (non-hydrogen) atoms. The fourth-order valence-corrected chi connectivity index (χ4v) is 1.44. The van der Waals surface area contributed by atoms with Crippen LogP contribution >= 0.6 is 0 Å². The molecule has 0 bridgehead atoms. The fourth-order valence-electron chi connectivity index (χ4n) is 1.44. The zero-order valence-corrected chi connectivity index (χ0v) is 7.11. The molecular formula is C10H14N2. The molecule has 2 heteroatoms. The third-order valence-corrected chi connectivity index (χ3v) is 2.40. The van der Waals surface area contributed by atoms with Crippen LogP contribution in [0.2, 0.25) is 0 Å². The van der Waals surface area contributed by atoms with Crippen LogP contribution in [0, 0.1) is 5.92 Å². The topological polar surface area (TPSA) is 38.9 Å². The van der Waals surface area contributed by atoms with Crippen LogP contribution in [0.5, 0.6) is 0 Å². The Bertz CT molecular complexity index is 241. The fraction of sp³-hybridized carbons (Fsp3) is 0.500. The van der Waals surface area contributed by atoms with E-state index in [1.807, 2.05) is 12.3 Å². The van der Waals surface area contributed by atoms with Crippen molar-refractivity contribution in [1.82, 2.24) is 4.98 Å². The summed E-state index contributed by atoms with van der Waals surface area (Å²) >= 11 is 0. The van der Waals surface area contributed by atoms with E-state index in [0.29, 0.717) is 0 Å². The molecule has 1 atom stereocenters. The minimum atomic E-state index is 0.200. The minimum Gasteiger partial charge on any atom is -0.324 e. The lowest BCUT2D eigenvalue weighted by atomic mass is 10.0. The molecule has 1 aliphatic rings. The van der Waals surface area contributed by atoms with Crippen LogP contribution in [0.3, 0.4) is 0 Å². The first kappa shape index (κ1) is 7.74. The zero-order chi connectivity index (χ0) is 8.39. The number of nitrogens with zero attached hydrogens (tertiary/aromatic N) is 1. The summed E-state index contributed by atoms with van der Waals surface area (Å²) in [6, 6.07) is 4.20. The Morgan fingerprint density at radius 3 is 3.00 bits per heavy atom. The number of pyridine rings is 1. The van der Waals surface area contributed by atoms with Gasteiger partial charge in [0, 0.05) is 18.4 Å². The molecule has 0 spiro atoms. The van der Waals surface area contributed by atoms with Gasteiger partial charge in [0.15, 0.2) is 0 Å². The first-order chi connectivity index (χ1) is 5.86. The molecule has 64 valence electrons. The third-order valence-electron chi connectivity index (χ3n) is 2.40. The molecule has 0 aromatic carbocycles. The molecule has 1 aliphatic carbocycles. The van der Waals surface area contributed by atoms with E-state index >= 15 is 0 Å². The van der Waals surface area contributed by atoms with Crippen LogP contribution in [0.25, 0.3) is 0 Å². The summed E-state index contributed by atoms with van der Waals surface area (Å²) in [7, 11) is 0. The van der Waals surface area contributed by atoms with Crippen molar-refractivity contribution in [3.05, 3.63) is 30.1 Å². The van der Waals surface area contributed by atoms with Gasteiger partial charge in [-0.25, -0.2) is 0 Å². The van der Waals surface area contributed by atoms with Crippen molar-refractivity contribution in [2.45, 2.75) is 25.3 Å². The molecule has 1 aromatic rings. The largest absolute Gasteiger partial charge is 0.324 e. The summed E-state index contributed by atoms with van der Waals surface area (Å²) in [4.78, 5) is 4.05. The van der Waals surface area contributed by atoms with Gasteiger partial charge in [-0.05, 0) is 24.0 Å². The van der Waals surface area contributed by atoms with Gasteiger partial charge in [-0.1, -0.05) is 18.9 Å². The number of nitrogens with two attached hydrogens (primary N) is 1. The molecule has 0 radical (unpaired) electrons. The highest BCUT2D eigenvalue weighted by Gasteiger charge is 2.24. The van der Waals surface area contributed by atoms with Gasteiger partial charge in [0.2, 0.25) is 0 Å². The number of aromatic nitrogens is 1. The van der Waals surface area contributed by atoms with Crippen molar-refractivity contribution < 1.29 is 0 Å². The first-order valence-corrected chi connectivity index (χ1v) is 4.52.